The molecule has 1 N–H and O–H groups in total. The van der Waals surface area contributed by atoms with E-state index in [1.165, 1.54) is 24.0 Å². The van der Waals surface area contributed by atoms with E-state index < -0.39 is 0 Å². The zero-order chi connectivity index (χ0) is 13.5. The molecule has 0 amide bonds. The summed E-state index contributed by atoms with van der Waals surface area (Å²) in [5.74, 6) is 0. The van der Waals surface area contributed by atoms with Gasteiger partial charge in [-0.3, -0.25) is 0 Å². The average molecular weight is 282 g/mol. The van der Waals surface area contributed by atoms with E-state index in [0.717, 1.165) is 44.0 Å². The molecule has 0 bridgehead atoms. The van der Waals surface area contributed by atoms with Gasteiger partial charge < -0.3 is 10.1 Å². The maximum atomic E-state index is 6.02. The van der Waals surface area contributed by atoms with Crippen LogP contribution in [0.4, 0.5) is 0 Å². The molecule has 1 aromatic carbocycles. The Balaban J connectivity index is 1.59. The van der Waals surface area contributed by atoms with Crippen molar-refractivity contribution in [2.24, 2.45) is 0 Å². The maximum absolute atomic E-state index is 6.02. The van der Waals surface area contributed by atoms with Gasteiger partial charge in [0.15, 0.2) is 0 Å². The molecule has 0 radical (unpaired) electrons. The van der Waals surface area contributed by atoms with Gasteiger partial charge in [-0.15, -0.1) is 0 Å². The molecule has 0 aliphatic heterocycles. The molecule has 0 aromatic heterocycles. The third-order valence-corrected chi connectivity index (χ3v) is 3.88. The highest BCUT2D eigenvalue weighted by atomic mass is 35.5. The van der Waals surface area contributed by atoms with E-state index in [2.05, 4.69) is 24.4 Å². The zero-order valence-electron chi connectivity index (χ0n) is 11.8. The Morgan fingerprint density at radius 1 is 1.21 bits per heavy atom. The molecule has 1 aromatic rings. The molecule has 1 unspecified atom stereocenters. The third kappa shape index (κ3) is 4.79. The molecule has 1 atom stereocenters. The Bertz CT molecular complexity index is 394. The fourth-order valence-electron chi connectivity index (χ4n) is 2.56. The molecule has 0 heterocycles. The lowest BCUT2D eigenvalue weighted by Crippen LogP contribution is -2.30. The summed E-state index contributed by atoms with van der Waals surface area (Å²) in [5.41, 5.74) is 2.85. The van der Waals surface area contributed by atoms with Crippen LogP contribution in [-0.4, -0.2) is 25.8 Å². The number of halogens is 1. The molecule has 2 rings (SSSR count). The number of hydrogen-bond donors (Lipinski definition) is 1. The normalized spacial score (nSPS) is 17.7. The maximum Gasteiger partial charge on any atom is 0.0478 e. The van der Waals surface area contributed by atoms with Gasteiger partial charge in [-0.2, -0.15) is 0 Å². The van der Waals surface area contributed by atoms with Gasteiger partial charge in [0.2, 0.25) is 0 Å². The Hall–Kier alpha value is -0.570. The van der Waals surface area contributed by atoms with Gasteiger partial charge in [0.1, 0.15) is 0 Å². The summed E-state index contributed by atoms with van der Waals surface area (Å²) in [4.78, 5) is 0. The van der Waals surface area contributed by atoms with Gasteiger partial charge in [-0.05, 0) is 55.5 Å². The molecule has 2 nitrogen and oxygen atoms in total. The first-order valence-corrected chi connectivity index (χ1v) is 7.76. The highest BCUT2D eigenvalue weighted by Gasteiger charge is 2.20. The number of unbranched alkanes of at least 4 members (excludes halogenated alkanes) is 1. The Morgan fingerprint density at radius 2 is 2.00 bits per heavy atom. The van der Waals surface area contributed by atoms with Crippen LogP contribution in [0.25, 0.3) is 0 Å². The number of rotatable bonds is 8. The van der Waals surface area contributed by atoms with E-state index >= 15 is 0 Å². The molecule has 1 aliphatic rings. The van der Waals surface area contributed by atoms with Gasteiger partial charge in [0.05, 0.1) is 0 Å². The van der Waals surface area contributed by atoms with Crippen LogP contribution < -0.4 is 5.32 Å². The smallest absolute Gasteiger partial charge is 0.0478 e. The number of nitrogens with one attached hydrogen (secondary N) is 1. The van der Waals surface area contributed by atoms with E-state index in [4.69, 9.17) is 16.3 Å². The topological polar surface area (TPSA) is 21.3 Å². The number of hydrogen-bond acceptors (Lipinski definition) is 2. The van der Waals surface area contributed by atoms with E-state index in [9.17, 15) is 0 Å². The summed E-state index contributed by atoms with van der Waals surface area (Å²) < 4.78 is 5.56. The second-order valence-electron chi connectivity index (χ2n) is 5.29. The molecular weight excluding hydrogens is 258 g/mol. The average Bonchev–Trinajstić information content (AvgIpc) is 2.79. The number of benzene rings is 1. The van der Waals surface area contributed by atoms with Crippen molar-refractivity contribution in [2.45, 2.75) is 45.1 Å². The van der Waals surface area contributed by atoms with Crippen molar-refractivity contribution < 1.29 is 4.74 Å². The van der Waals surface area contributed by atoms with E-state index in [1.807, 2.05) is 6.07 Å². The van der Waals surface area contributed by atoms with Crippen molar-refractivity contribution in [1.29, 1.82) is 0 Å². The second kappa shape index (κ2) is 7.88. The standard InChI is InChI=1S/C16H24ClNO/c1-2-3-8-19-9-4-7-18-16-11-13-5-6-15(17)10-14(13)12-16/h5-6,10,16,18H,2-4,7-9,11-12H2,1H3. The van der Waals surface area contributed by atoms with E-state index in [0.29, 0.717) is 6.04 Å². The van der Waals surface area contributed by atoms with Crippen molar-refractivity contribution in [1.82, 2.24) is 5.32 Å². The molecule has 0 saturated heterocycles. The molecule has 0 saturated carbocycles. The lowest BCUT2D eigenvalue weighted by molar-refractivity contribution is 0.128. The quantitative estimate of drug-likeness (QED) is 0.735. The fraction of sp³-hybridized carbons (Fsp3) is 0.625. The summed E-state index contributed by atoms with van der Waals surface area (Å²) in [6.07, 6.45) is 5.71. The van der Waals surface area contributed by atoms with Crippen LogP contribution in [0.2, 0.25) is 5.02 Å². The summed E-state index contributed by atoms with van der Waals surface area (Å²) in [6.45, 7) is 5.01. The van der Waals surface area contributed by atoms with Crippen LogP contribution in [0.15, 0.2) is 18.2 Å². The third-order valence-electron chi connectivity index (χ3n) is 3.64. The highest BCUT2D eigenvalue weighted by Crippen LogP contribution is 2.25. The van der Waals surface area contributed by atoms with Gasteiger partial charge in [-0.25, -0.2) is 0 Å². The van der Waals surface area contributed by atoms with Crippen LogP contribution in [-0.2, 0) is 17.6 Å². The van der Waals surface area contributed by atoms with Gasteiger partial charge in [0.25, 0.3) is 0 Å². The highest BCUT2D eigenvalue weighted by molar-refractivity contribution is 6.30. The van der Waals surface area contributed by atoms with Crippen LogP contribution in [0, 0.1) is 0 Å². The SMILES string of the molecule is CCCCOCCCNC1Cc2ccc(Cl)cc2C1. The minimum absolute atomic E-state index is 0.573. The van der Waals surface area contributed by atoms with E-state index in [-0.39, 0.29) is 0 Å². The van der Waals surface area contributed by atoms with Gasteiger partial charge in [0, 0.05) is 24.3 Å². The lowest BCUT2D eigenvalue weighted by atomic mass is 10.1. The van der Waals surface area contributed by atoms with Crippen LogP contribution in [0.3, 0.4) is 0 Å². The summed E-state index contributed by atoms with van der Waals surface area (Å²) >= 11 is 6.02. The Labute approximate surface area is 121 Å². The van der Waals surface area contributed by atoms with Crippen LogP contribution in [0.5, 0.6) is 0 Å². The number of ether oxygens (including phenoxy) is 1. The monoisotopic (exact) mass is 281 g/mol. The molecule has 0 spiro atoms. The molecule has 1 aliphatic carbocycles. The Kier molecular flexibility index (Phi) is 6.15. The first-order valence-electron chi connectivity index (χ1n) is 7.38. The van der Waals surface area contributed by atoms with Crippen molar-refractivity contribution in [3.05, 3.63) is 34.3 Å². The zero-order valence-corrected chi connectivity index (χ0v) is 12.5. The van der Waals surface area contributed by atoms with E-state index in [1.54, 1.807) is 0 Å². The van der Waals surface area contributed by atoms with Gasteiger partial charge in [-0.1, -0.05) is 31.0 Å². The predicted molar refractivity (Wildman–Crippen MR) is 81.0 cm³/mol. The Morgan fingerprint density at radius 3 is 2.84 bits per heavy atom. The van der Waals surface area contributed by atoms with Crippen LogP contribution >= 0.6 is 11.6 Å². The lowest BCUT2D eigenvalue weighted by Gasteiger charge is -2.11. The minimum atomic E-state index is 0.573. The minimum Gasteiger partial charge on any atom is -0.381 e. The van der Waals surface area contributed by atoms with Crippen molar-refractivity contribution in [2.75, 3.05) is 19.8 Å². The fourth-order valence-corrected chi connectivity index (χ4v) is 2.75. The summed E-state index contributed by atoms with van der Waals surface area (Å²) in [5, 5.41) is 4.47. The van der Waals surface area contributed by atoms with Gasteiger partial charge >= 0.3 is 0 Å². The first-order chi connectivity index (χ1) is 9.29. The van der Waals surface area contributed by atoms with Crippen LogP contribution in [0.1, 0.15) is 37.3 Å². The number of fused-ring (bicyclic) bond motifs is 1. The molecular formula is C16H24ClNO. The molecule has 106 valence electrons. The van der Waals surface area contributed by atoms with Crippen molar-refractivity contribution >= 4 is 11.6 Å². The molecule has 3 heteroatoms. The van der Waals surface area contributed by atoms with Crippen molar-refractivity contribution in [3.63, 3.8) is 0 Å². The molecule has 19 heavy (non-hydrogen) atoms. The predicted octanol–water partition coefficient (Wildman–Crippen LogP) is 3.60. The molecule has 0 fully saturated rings. The summed E-state index contributed by atoms with van der Waals surface area (Å²) in [6, 6.07) is 6.83. The summed E-state index contributed by atoms with van der Waals surface area (Å²) in [7, 11) is 0. The first kappa shape index (κ1) is 14.8. The second-order valence-corrected chi connectivity index (χ2v) is 5.73. The van der Waals surface area contributed by atoms with Crippen molar-refractivity contribution in [3.8, 4) is 0 Å². The largest absolute Gasteiger partial charge is 0.381 e.